The van der Waals surface area contributed by atoms with Crippen LogP contribution in [0.15, 0.2) is 119 Å². The molecule has 6 aromatic rings. The first-order chi connectivity index (χ1) is 24.5. The van der Waals surface area contributed by atoms with E-state index >= 15 is 0 Å². The summed E-state index contributed by atoms with van der Waals surface area (Å²) in [5.74, 6) is -1.37. The number of rotatable bonds is 8. The molecular weight excluding hydrogens is 783 g/mol. The molecule has 0 heterocycles. The zero-order valence-electron chi connectivity index (χ0n) is 26.0. The standard InChI is InChI=1S/C30H21N5O14S4/c31-23-13-21-15(9-27(23)52(44,45)46)10-28(53(47,48)49)29(30(21)37)35-34-25-6-5-24(20-4-2-17(11-22(20)25)50(38,39)40)33-32-16-1-3-19-14(7-16)8-18(12-26(19)36)51(41,42)43/h1-13,36-37H,31H2,(H,38,39,40)(H,41,42,43)(H,44,45,46)(H,47,48,49). The van der Waals surface area contributed by atoms with Gasteiger partial charge in [-0.05, 0) is 77.5 Å². The smallest absolute Gasteiger partial charge is 0.296 e. The van der Waals surface area contributed by atoms with E-state index < -0.39 is 82.9 Å². The van der Waals surface area contributed by atoms with Crippen LogP contribution < -0.4 is 5.73 Å². The van der Waals surface area contributed by atoms with Crippen LogP contribution in [0.5, 0.6) is 11.5 Å². The van der Waals surface area contributed by atoms with Crippen LogP contribution >= 0.6 is 0 Å². The number of nitrogens with zero attached hydrogens (tertiary/aromatic N) is 4. The Morgan fingerprint density at radius 2 is 1.04 bits per heavy atom. The van der Waals surface area contributed by atoms with Gasteiger partial charge in [-0.25, -0.2) is 0 Å². The fourth-order valence-electron chi connectivity index (χ4n) is 5.28. The number of fused-ring (bicyclic) bond motifs is 3. The molecule has 0 amide bonds. The van der Waals surface area contributed by atoms with Gasteiger partial charge < -0.3 is 15.9 Å². The van der Waals surface area contributed by atoms with Crippen molar-refractivity contribution in [3.05, 3.63) is 78.9 Å². The molecule has 0 aliphatic rings. The predicted octanol–water partition coefficient (Wildman–Crippen LogP) is 5.96. The average molecular weight is 804 g/mol. The summed E-state index contributed by atoms with van der Waals surface area (Å²) in [4.78, 5) is -3.03. The molecule has 0 spiro atoms. The number of aromatic hydroxyl groups is 2. The third-order valence-corrected chi connectivity index (χ3v) is 11.2. The van der Waals surface area contributed by atoms with E-state index in [1.54, 1.807) is 0 Å². The lowest BCUT2D eigenvalue weighted by Crippen LogP contribution is -2.04. The van der Waals surface area contributed by atoms with Crippen molar-refractivity contribution in [2.45, 2.75) is 19.6 Å². The van der Waals surface area contributed by atoms with Crippen LogP contribution in [-0.2, 0) is 40.5 Å². The fraction of sp³-hybridized carbons (Fsp3) is 0. The number of phenolic OH excluding ortho intramolecular Hbond substituents is 2. The topological polar surface area (TPSA) is 333 Å². The molecule has 19 nitrogen and oxygen atoms in total. The first kappa shape index (κ1) is 37.1. The Balaban J connectivity index is 1.50. The van der Waals surface area contributed by atoms with Gasteiger partial charge in [0, 0.05) is 27.6 Å². The number of nitrogen functional groups attached to an aromatic ring is 1. The molecule has 0 unspecified atom stereocenters. The molecule has 274 valence electrons. The average Bonchev–Trinajstić information content (AvgIpc) is 3.05. The molecule has 0 radical (unpaired) electrons. The predicted molar refractivity (Wildman–Crippen MR) is 187 cm³/mol. The first-order valence-electron chi connectivity index (χ1n) is 14.2. The van der Waals surface area contributed by atoms with E-state index in [1.807, 2.05) is 0 Å². The molecule has 0 atom stereocenters. The van der Waals surface area contributed by atoms with Crippen molar-refractivity contribution < 1.29 is 62.1 Å². The van der Waals surface area contributed by atoms with Gasteiger partial charge in [-0.3, -0.25) is 18.2 Å². The lowest BCUT2D eigenvalue weighted by molar-refractivity contribution is 0.470. The van der Waals surface area contributed by atoms with Gasteiger partial charge in [0.25, 0.3) is 40.5 Å². The monoisotopic (exact) mass is 803 g/mol. The molecule has 0 saturated heterocycles. The van der Waals surface area contributed by atoms with E-state index in [9.17, 15) is 62.1 Å². The summed E-state index contributed by atoms with van der Waals surface area (Å²) in [6, 6.07) is 14.4. The highest BCUT2D eigenvalue weighted by Gasteiger charge is 2.25. The number of hydrogen-bond acceptors (Lipinski definition) is 15. The van der Waals surface area contributed by atoms with Crippen LogP contribution in [0.2, 0.25) is 0 Å². The zero-order valence-corrected chi connectivity index (χ0v) is 29.2. The number of azo groups is 2. The Kier molecular flexibility index (Phi) is 8.95. The maximum Gasteiger partial charge on any atom is 0.296 e. The highest BCUT2D eigenvalue weighted by Crippen LogP contribution is 2.44. The van der Waals surface area contributed by atoms with E-state index in [1.165, 1.54) is 36.4 Å². The summed E-state index contributed by atoms with van der Waals surface area (Å²) >= 11 is 0. The van der Waals surface area contributed by atoms with Gasteiger partial charge in [0.1, 0.15) is 21.2 Å². The molecule has 23 heteroatoms. The normalized spacial score (nSPS) is 13.2. The number of nitrogens with two attached hydrogens (primary N) is 1. The van der Waals surface area contributed by atoms with Gasteiger partial charge in [-0.1, -0.05) is 6.07 Å². The molecule has 6 rings (SSSR count). The summed E-state index contributed by atoms with van der Waals surface area (Å²) in [6.07, 6.45) is 0. The zero-order chi connectivity index (χ0) is 38.8. The minimum Gasteiger partial charge on any atom is -0.507 e. The molecule has 0 aliphatic carbocycles. The van der Waals surface area contributed by atoms with Gasteiger partial charge >= 0.3 is 0 Å². The summed E-state index contributed by atoms with van der Waals surface area (Å²) < 4.78 is 134. The van der Waals surface area contributed by atoms with Crippen molar-refractivity contribution in [1.29, 1.82) is 0 Å². The van der Waals surface area contributed by atoms with Gasteiger partial charge in [0.2, 0.25) is 0 Å². The number of benzene rings is 6. The fourth-order valence-corrected chi connectivity index (χ4v) is 7.61. The third-order valence-electron chi connectivity index (χ3n) is 7.69. The molecule has 0 aliphatic heterocycles. The van der Waals surface area contributed by atoms with Gasteiger partial charge in [0.15, 0.2) is 5.75 Å². The van der Waals surface area contributed by atoms with Crippen LogP contribution in [0, 0.1) is 0 Å². The first-order valence-corrected chi connectivity index (χ1v) is 19.9. The van der Waals surface area contributed by atoms with Gasteiger partial charge in [-0.15, -0.1) is 15.3 Å². The van der Waals surface area contributed by atoms with E-state index in [2.05, 4.69) is 20.5 Å². The highest BCUT2D eigenvalue weighted by molar-refractivity contribution is 7.86. The Hall–Kier alpha value is -5.66. The van der Waals surface area contributed by atoms with Crippen LogP contribution in [0.3, 0.4) is 0 Å². The second-order valence-electron chi connectivity index (χ2n) is 11.1. The Bertz CT molecular complexity index is 3100. The van der Waals surface area contributed by atoms with Crippen molar-refractivity contribution >= 4 is 101 Å². The minimum atomic E-state index is -5.20. The summed E-state index contributed by atoms with van der Waals surface area (Å²) in [5, 5.41) is 37.2. The maximum atomic E-state index is 12.3. The van der Waals surface area contributed by atoms with Crippen LogP contribution in [0.1, 0.15) is 0 Å². The van der Waals surface area contributed by atoms with Gasteiger partial charge in [-0.2, -0.15) is 38.8 Å². The molecule has 0 fully saturated rings. The Labute approximate surface area is 298 Å². The second-order valence-corrected chi connectivity index (χ2v) is 16.8. The lowest BCUT2D eigenvalue weighted by atomic mass is 10.1. The SMILES string of the molecule is Nc1cc2c(O)c(N=Nc3ccc(N=Nc4ccc5c(O)cc(S(=O)(=O)O)cc5c4)c4ccc(S(=O)(=O)O)cc34)c(S(=O)(=O)O)cc2cc1S(=O)(=O)O. The summed E-state index contributed by atoms with van der Waals surface area (Å²) in [6.45, 7) is 0. The van der Waals surface area contributed by atoms with Crippen molar-refractivity contribution in [2.75, 3.05) is 5.73 Å². The summed E-state index contributed by atoms with van der Waals surface area (Å²) in [7, 11) is -19.5. The number of phenols is 2. The molecule has 8 N–H and O–H groups in total. The minimum absolute atomic E-state index is 0.0581. The van der Waals surface area contributed by atoms with Crippen molar-refractivity contribution in [1.82, 2.24) is 0 Å². The van der Waals surface area contributed by atoms with E-state index in [-0.39, 0.29) is 49.4 Å². The van der Waals surface area contributed by atoms with Crippen LogP contribution in [0.25, 0.3) is 32.3 Å². The van der Waals surface area contributed by atoms with Crippen molar-refractivity contribution in [2.24, 2.45) is 20.5 Å². The molecule has 6 aromatic carbocycles. The quantitative estimate of drug-likeness (QED) is 0.0530. The molecule has 0 saturated carbocycles. The second kappa shape index (κ2) is 12.8. The molecule has 0 bridgehead atoms. The van der Waals surface area contributed by atoms with Crippen molar-refractivity contribution in [3.8, 4) is 11.5 Å². The molecule has 0 aromatic heterocycles. The highest BCUT2D eigenvalue weighted by atomic mass is 32.2. The number of hydrogen-bond donors (Lipinski definition) is 7. The maximum absolute atomic E-state index is 12.3. The largest absolute Gasteiger partial charge is 0.507 e. The third kappa shape index (κ3) is 7.35. The van der Waals surface area contributed by atoms with E-state index in [0.717, 1.165) is 42.5 Å². The Morgan fingerprint density at radius 3 is 1.66 bits per heavy atom. The summed E-state index contributed by atoms with van der Waals surface area (Å²) in [5.41, 5.74) is 4.37. The Morgan fingerprint density at radius 1 is 0.472 bits per heavy atom. The van der Waals surface area contributed by atoms with Crippen LogP contribution in [-0.4, -0.2) is 62.1 Å². The van der Waals surface area contributed by atoms with Gasteiger partial charge in [0.05, 0.1) is 32.5 Å². The van der Waals surface area contributed by atoms with E-state index in [0.29, 0.717) is 0 Å². The number of anilines is 1. The molecular formula is C30H21N5O14S4. The molecule has 53 heavy (non-hydrogen) atoms. The lowest BCUT2D eigenvalue weighted by Gasteiger charge is -2.11. The van der Waals surface area contributed by atoms with Crippen molar-refractivity contribution in [3.63, 3.8) is 0 Å². The van der Waals surface area contributed by atoms with E-state index in [4.69, 9.17) is 5.73 Å². The van der Waals surface area contributed by atoms with Crippen LogP contribution in [0.4, 0.5) is 28.4 Å².